The van der Waals surface area contributed by atoms with Crippen molar-refractivity contribution in [3.8, 4) is 0 Å². The average molecular weight is 290 g/mol. The second-order valence-electron chi connectivity index (χ2n) is 5.25. The van der Waals surface area contributed by atoms with Gasteiger partial charge in [-0.15, -0.1) is 0 Å². The molecule has 114 valence electrons. The minimum absolute atomic E-state index is 0.0448. The van der Waals surface area contributed by atoms with Gasteiger partial charge in [0, 0.05) is 20.1 Å². The maximum absolute atomic E-state index is 12.3. The number of hydrogen-bond acceptors (Lipinski definition) is 3. The zero-order chi connectivity index (χ0) is 15.1. The molecule has 0 spiro atoms. The van der Waals surface area contributed by atoms with Gasteiger partial charge in [-0.1, -0.05) is 30.3 Å². The van der Waals surface area contributed by atoms with Crippen molar-refractivity contribution in [1.29, 1.82) is 0 Å². The molecule has 1 aliphatic rings. The van der Waals surface area contributed by atoms with Gasteiger partial charge in [-0.05, 0) is 18.4 Å². The summed E-state index contributed by atoms with van der Waals surface area (Å²) in [6, 6.07) is 10.2. The third kappa shape index (κ3) is 4.86. The van der Waals surface area contributed by atoms with Gasteiger partial charge in [0.25, 0.3) is 0 Å². The van der Waals surface area contributed by atoms with Crippen LogP contribution in [0.25, 0.3) is 0 Å². The van der Waals surface area contributed by atoms with E-state index >= 15 is 0 Å². The zero-order valence-electron chi connectivity index (χ0n) is 12.4. The van der Waals surface area contributed by atoms with Crippen molar-refractivity contribution in [2.75, 3.05) is 26.3 Å². The van der Waals surface area contributed by atoms with Gasteiger partial charge in [-0.3, -0.25) is 9.59 Å². The molecule has 5 heteroatoms. The topological polar surface area (TPSA) is 58.6 Å². The van der Waals surface area contributed by atoms with E-state index in [9.17, 15) is 9.59 Å². The minimum atomic E-state index is -0.186. The van der Waals surface area contributed by atoms with Gasteiger partial charge in [0.15, 0.2) is 0 Å². The highest BCUT2D eigenvalue weighted by Crippen LogP contribution is 2.14. The molecule has 5 nitrogen and oxygen atoms in total. The van der Waals surface area contributed by atoms with Gasteiger partial charge < -0.3 is 15.0 Å². The molecule has 0 aliphatic carbocycles. The Kier molecular flexibility index (Phi) is 5.75. The Morgan fingerprint density at radius 1 is 1.33 bits per heavy atom. The molecule has 2 amide bonds. The van der Waals surface area contributed by atoms with E-state index in [1.165, 1.54) is 12.5 Å². The lowest BCUT2D eigenvalue weighted by atomic mass is 10.1. The molecule has 1 fully saturated rings. The van der Waals surface area contributed by atoms with E-state index in [1.807, 2.05) is 23.1 Å². The summed E-state index contributed by atoms with van der Waals surface area (Å²) in [6.07, 6.45) is 1.67. The van der Waals surface area contributed by atoms with E-state index in [2.05, 4.69) is 17.4 Å². The molecule has 1 atom stereocenters. The average Bonchev–Trinajstić information content (AvgIpc) is 3.00. The molecule has 1 aromatic rings. The molecule has 1 N–H and O–H groups in total. The van der Waals surface area contributed by atoms with E-state index in [4.69, 9.17) is 4.74 Å². The van der Waals surface area contributed by atoms with E-state index < -0.39 is 0 Å². The fourth-order valence-corrected chi connectivity index (χ4v) is 2.47. The van der Waals surface area contributed by atoms with Crippen molar-refractivity contribution in [3.05, 3.63) is 35.9 Å². The molecule has 1 aliphatic heterocycles. The second kappa shape index (κ2) is 7.78. The summed E-state index contributed by atoms with van der Waals surface area (Å²) >= 11 is 0. The quantitative estimate of drug-likeness (QED) is 0.850. The predicted octanol–water partition coefficient (Wildman–Crippen LogP) is 0.983. The van der Waals surface area contributed by atoms with E-state index in [0.29, 0.717) is 19.8 Å². The minimum Gasteiger partial charge on any atom is -0.379 e. The highest BCUT2D eigenvalue weighted by atomic mass is 16.5. The van der Waals surface area contributed by atoms with Crippen molar-refractivity contribution in [2.24, 2.45) is 0 Å². The molecule has 0 radical (unpaired) electrons. The van der Waals surface area contributed by atoms with Gasteiger partial charge in [0.2, 0.25) is 11.8 Å². The first-order valence-corrected chi connectivity index (χ1v) is 7.32. The monoisotopic (exact) mass is 290 g/mol. The SMILES string of the molecule is CC(=O)NCC(=O)N(CCc1ccccc1)C1CCOC1. The van der Waals surface area contributed by atoms with Crippen LogP contribution in [0.1, 0.15) is 18.9 Å². The molecule has 0 aromatic heterocycles. The van der Waals surface area contributed by atoms with Gasteiger partial charge in [-0.2, -0.15) is 0 Å². The standard InChI is InChI=1S/C16H22N2O3/c1-13(19)17-11-16(20)18(15-8-10-21-12-15)9-7-14-5-3-2-4-6-14/h2-6,15H,7-12H2,1H3,(H,17,19). The summed E-state index contributed by atoms with van der Waals surface area (Å²) in [4.78, 5) is 25.1. The highest BCUT2D eigenvalue weighted by Gasteiger charge is 2.26. The second-order valence-corrected chi connectivity index (χ2v) is 5.25. The Hall–Kier alpha value is -1.88. The molecule has 1 heterocycles. The first-order chi connectivity index (χ1) is 10.2. The van der Waals surface area contributed by atoms with Crippen LogP contribution in [-0.2, 0) is 20.7 Å². The number of ether oxygens (including phenoxy) is 1. The summed E-state index contributed by atoms with van der Waals surface area (Å²) < 4.78 is 5.38. The summed E-state index contributed by atoms with van der Waals surface area (Å²) in [5.74, 6) is -0.231. The third-order valence-corrected chi connectivity index (χ3v) is 3.64. The Morgan fingerprint density at radius 3 is 2.71 bits per heavy atom. The Labute approximate surface area is 125 Å². The summed E-state index contributed by atoms with van der Waals surface area (Å²) in [5.41, 5.74) is 1.20. The van der Waals surface area contributed by atoms with Gasteiger partial charge in [-0.25, -0.2) is 0 Å². The lowest BCUT2D eigenvalue weighted by molar-refractivity contribution is -0.134. The normalized spacial score (nSPS) is 17.5. The smallest absolute Gasteiger partial charge is 0.242 e. The summed E-state index contributed by atoms with van der Waals surface area (Å²) in [5, 5.41) is 2.58. The first kappa shape index (κ1) is 15.5. The van der Waals surface area contributed by atoms with Crippen LogP contribution < -0.4 is 5.32 Å². The van der Waals surface area contributed by atoms with Crippen LogP contribution >= 0.6 is 0 Å². The number of amides is 2. The maximum atomic E-state index is 12.3. The van der Waals surface area contributed by atoms with Gasteiger partial charge in [0.05, 0.1) is 19.2 Å². The van der Waals surface area contributed by atoms with Crippen LogP contribution in [0.4, 0.5) is 0 Å². The van der Waals surface area contributed by atoms with Crippen LogP contribution in [-0.4, -0.2) is 49.1 Å². The van der Waals surface area contributed by atoms with E-state index in [0.717, 1.165) is 12.8 Å². The van der Waals surface area contributed by atoms with E-state index in [1.54, 1.807) is 0 Å². The van der Waals surface area contributed by atoms with Crippen molar-refractivity contribution >= 4 is 11.8 Å². The summed E-state index contributed by atoms with van der Waals surface area (Å²) in [7, 11) is 0. The lowest BCUT2D eigenvalue weighted by Crippen LogP contribution is -2.46. The van der Waals surface area contributed by atoms with Crippen LogP contribution in [0.2, 0.25) is 0 Å². The van der Waals surface area contributed by atoms with Crippen molar-refractivity contribution in [1.82, 2.24) is 10.2 Å². The number of hydrogen-bond donors (Lipinski definition) is 1. The molecule has 1 unspecified atom stereocenters. The van der Waals surface area contributed by atoms with Crippen molar-refractivity contribution < 1.29 is 14.3 Å². The number of rotatable bonds is 6. The zero-order valence-corrected chi connectivity index (χ0v) is 12.4. The number of nitrogens with one attached hydrogen (secondary N) is 1. The molecule has 2 rings (SSSR count). The Bertz CT molecular complexity index is 470. The molecule has 1 aromatic carbocycles. The highest BCUT2D eigenvalue weighted by molar-refractivity contribution is 5.83. The number of nitrogens with zero attached hydrogens (tertiary/aromatic N) is 1. The fraction of sp³-hybridized carbons (Fsp3) is 0.500. The van der Waals surface area contributed by atoms with E-state index in [-0.39, 0.29) is 24.4 Å². The molecular formula is C16H22N2O3. The van der Waals surface area contributed by atoms with Crippen LogP contribution in [0.5, 0.6) is 0 Å². The molecule has 1 saturated heterocycles. The Morgan fingerprint density at radius 2 is 2.10 bits per heavy atom. The third-order valence-electron chi connectivity index (χ3n) is 3.64. The van der Waals surface area contributed by atoms with Gasteiger partial charge in [0.1, 0.15) is 0 Å². The van der Waals surface area contributed by atoms with Crippen LogP contribution in [0.15, 0.2) is 30.3 Å². The number of carbonyl (C=O) groups excluding carboxylic acids is 2. The number of carbonyl (C=O) groups is 2. The fourth-order valence-electron chi connectivity index (χ4n) is 2.47. The molecule has 21 heavy (non-hydrogen) atoms. The van der Waals surface area contributed by atoms with Gasteiger partial charge >= 0.3 is 0 Å². The molecular weight excluding hydrogens is 268 g/mol. The number of benzene rings is 1. The largest absolute Gasteiger partial charge is 0.379 e. The Balaban J connectivity index is 1.94. The van der Waals surface area contributed by atoms with Crippen molar-refractivity contribution in [3.63, 3.8) is 0 Å². The van der Waals surface area contributed by atoms with Crippen LogP contribution in [0, 0.1) is 0 Å². The van der Waals surface area contributed by atoms with Crippen molar-refractivity contribution in [2.45, 2.75) is 25.8 Å². The van der Waals surface area contributed by atoms with Crippen LogP contribution in [0.3, 0.4) is 0 Å². The maximum Gasteiger partial charge on any atom is 0.242 e. The molecule has 0 saturated carbocycles. The first-order valence-electron chi connectivity index (χ1n) is 7.32. The predicted molar refractivity (Wildman–Crippen MR) is 79.8 cm³/mol. The molecule has 0 bridgehead atoms. The summed E-state index contributed by atoms with van der Waals surface area (Å²) in [6.45, 7) is 3.40. The lowest BCUT2D eigenvalue weighted by Gasteiger charge is -2.28.